The number of benzene rings is 2. The highest BCUT2D eigenvalue weighted by Gasteiger charge is 2.55. The number of aromatic amines is 1. The van der Waals surface area contributed by atoms with E-state index in [1.54, 1.807) is 6.07 Å². The van der Waals surface area contributed by atoms with E-state index in [2.05, 4.69) is 91.9 Å². The number of dihydropyridines is 1. The summed E-state index contributed by atoms with van der Waals surface area (Å²) >= 11 is 0. The second-order valence-corrected chi connectivity index (χ2v) is 22.2. The van der Waals surface area contributed by atoms with Gasteiger partial charge in [0, 0.05) is 65.8 Å². The number of fused-ring (bicyclic) bond motifs is 1. The van der Waals surface area contributed by atoms with Gasteiger partial charge in [0.1, 0.15) is 11.5 Å². The molecule has 11 atom stereocenters. The van der Waals surface area contributed by atoms with Crippen LogP contribution in [0.1, 0.15) is 164 Å². The Morgan fingerprint density at radius 2 is 1.69 bits per heavy atom. The molecule has 0 saturated heterocycles. The van der Waals surface area contributed by atoms with Gasteiger partial charge < -0.3 is 52.0 Å². The number of H-pyrrole nitrogens is 1. The van der Waals surface area contributed by atoms with Gasteiger partial charge in [-0.2, -0.15) is 0 Å². The molecule has 2 aromatic carbocycles. The highest BCUT2D eigenvalue weighted by Crippen LogP contribution is 2.56. The van der Waals surface area contributed by atoms with Gasteiger partial charge in [0.05, 0.1) is 29.5 Å². The number of aryl methyl sites for hydroxylation is 1. The van der Waals surface area contributed by atoms with E-state index in [9.17, 15) is 35.4 Å². The SMILES string of the molecule is CCCCCC1C=CC(CCCCC2CCC(c3cc(CC)c(-c4cc(O)cc(O)c4Cc4ccc(C(C)C)cc4)[nH]3)C3CC(CC4=CCNC(N)=C4)CC3(O)C(CNC)CC(O)C2C(=O)O)C(O)C1. The molecule has 11 unspecified atom stereocenters. The van der Waals surface area contributed by atoms with Crippen molar-refractivity contribution in [1.29, 1.82) is 0 Å². The second-order valence-electron chi connectivity index (χ2n) is 22.2. The van der Waals surface area contributed by atoms with E-state index in [1.807, 2.05) is 13.1 Å². The third kappa shape index (κ3) is 12.7. The molecular weight excluding hydrogens is 877 g/mol. The molecule has 11 nitrogen and oxygen atoms in total. The largest absolute Gasteiger partial charge is 0.508 e. The number of allylic oxidation sites excluding steroid dienone is 3. The van der Waals surface area contributed by atoms with Gasteiger partial charge in [0.25, 0.3) is 0 Å². The molecule has 3 aromatic rings. The van der Waals surface area contributed by atoms with Crippen LogP contribution in [0.15, 0.2) is 78.2 Å². The number of carboxylic acid groups (broad SMARTS) is 1. The Bertz CT molecular complexity index is 2280. The number of nitrogens with one attached hydrogen (secondary N) is 3. The number of aliphatic hydroxyl groups excluding tert-OH is 2. The first kappa shape index (κ1) is 53.3. The molecule has 0 radical (unpaired) electrons. The molecule has 2 saturated carbocycles. The number of hydrogen-bond acceptors (Lipinski definition) is 9. The minimum Gasteiger partial charge on any atom is -0.508 e. The van der Waals surface area contributed by atoms with Gasteiger partial charge in [-0.15, -0.1) is 0 Å². The third-order valence-electron chi connectivity index (χ3n) is 17.0. The van der Waals surface area contributed by atoms with Crippen LogP contribution in [0.4, 0.5) is 0 Å². The van der Waals surface area contributed by atoms with Gasteiger partial charge in [-0.25, -0.2) is 0 Å². The van der Waals surface area contributed by atoms with Crippen LogP contribution in [-0.4, -0.2) is 79.5 Å². The van der Waals surface area contributed by atoms with Crippen LogP contribution in [-0.2, 0) is 17.6 Å². The molecule has 2 heterocycles. The van der Waals surface area contributed by atoms with Gasteiger partial charge >= 0.3 is 5.97 Å². The van der Waals surface area contributed by atoms with Crippen LogP contribution in [0.5, 0.6) is 11.5 Å². The smallest absolute Gasteiger partial charge is 0.309 e. The van der Waals surface area contributed by atoms with Crippen molar-refractivity contribution < 1.29 is 35.4 Å². The molecule has 11 heteroatoms. The Morgan fingerprint density at radius 3 is 2.37 bits per heavy atom. The van der Waals surface area contributed by atoms with Gasteiger partial charge in [-0.3, -0.25) is 4.79 Å². The zero-order chi connectivity index (χ0) is 50.1. The number of unbranched alkanes of at least 4 members (excludes halogenated alkanes) is 3. The molecular formula is C59H86N4O7. The van der Waals surface area contributed by atoms with Crippen LogP contribution in [0, 0.1) is 41.4 Å². The predicted octanol–water partition coefficient (Wildman–Crippen LogP) is 10.3. The average Bonchev–Trinajstić information content (AvgIpc) is 3.90. The fourth-order valence-electron chi connectivity index (χ4n) is 13.2. The molecule has 3 aliphatic carbocycles. The van der Waals surface area contributed by atoms with E-state index in [0.717, 1.165) is 78.6 Å². The van der Waals surface area contributed by atoms with Gasteiger partial charge in [-0.05, 0) is 148 Å². The summed E-state index contributed by atoms with van der Waals surface area (Å²) in [5.74, 6) is -1.55. The monoisotopic (exact) mass is 963 g/mol. The summed E-state index contributed by atoms with van der Waals surface area (Å²) in [5, 5.41) is 76.9. The fourth-order valence-corrected chi connectivity index (χ4v) is 13.2. The summed E-state index contributed by atoms with van der Waals surface area (Å²) in [7, 11) is 1.86. The van der Waals surface area contributed by atoms with Crippen molar-refractivity contribution in [3.8, 4) is 22.8 Å². The van der Waals surface area contributed by atoms with Crippen molar-refractivity contribution >= 4 is 5.97 Å². The third-order valence-corrected chi connectivity index (χ3v) is 17.0. The number of hydrogen-bond donors (Lipinski definition) is 10. The van der Waals surface area contributed by atoms with Crippen molar-refractivity contribution in [1.82, 2.24) is 15.6 Å². The lowest BCUT2D eigenvalue weighted by atomic mass is 9.65. The molecule has 384 valence electrons. The molecule has 11 N–H and O–H groups in total. The van der Waals surface area contributed by atoms with Crippen molar-refractivity contribution in [3.05, 3.63) is 106 Å². The molecule has 2 fully saturated rings. The van der Waals surface area contributed by atoms with E-state index in [4.69, 9.17) is 5.73 Å². The first-order chi connectivity index (χ1) is 33.6. The quantitative estimate of drug-likeness (QED) is 0.0383. The molecule has 0 spiro atoms. The standard InChI is InChI=1S/C59H86N4O7/c1-6-8-9-12-37-17-20-43(52(65)28-37)13-10-11-14-44-21-22-47(50-27-40(25-39-23-24-62-55(60)29-39)34-59(50,70)45(35-61-5)31-54(67)56(44)58(68)69)51-30-41(7-2)57(63-51)49-32-46(64)33-53(66)48(49)26-38-15-18-42(19-16-38)36(3)4/h15-20,23,29-30,32-33,36-37,40,43-45,47,50,52,54,56,61-67,70H,6-14,21-22,24-28,31,34-35,60H2,1-5H3,(H,68,69). The Hall–Kier alpha value is -4.55. The number of aromatic nitrogens is 1. The van der Waals surface area contributed by atoms with Crippen LogP contribution in [0.3, 0.4) is 0 Å². The first-order valence-electron chi connectivity index (χ1n) is 27.0. The molecule has 1 aliphatic heterocycles. The van der Waals surface area contributed by atoms with Crippen molar-refractivity contribution in [3.63, 3.8) is 0 Å². The Kier molecular flexibility index (Phi) is 18.4. The first-order valence-corrected chi connectivity index (χ1v) is 27.0. The fraction of sp³-hybridized carbons (Fsp3) is 0.610. The Morgan fingerprint density at radius 1 is 0.929 bits per heavy atom. The van der Waals surface area contributed by atoms with Crippen LogP contribution in [0.25, 0.3) is 11.3 Å². The van der Waals surface area contributed by atoms with E-state index in [1.165, 1.54) is 30.9 Å². The number of aliphatic hydroxyl groups is 3. The second kappa shape index (κ2) is 24.2. The van der Waals surface area contributed by atoms with Crippen LogP contribution >= 0.6 is 0 Å². The summed E-state index contributed by atoms with van der Waals surface area (Å²) < 4.78 is 0. The number of phenolic OH excluding ortho intramolecular Hbond substituents is 2. The summed E-state index contributed by atoms with van der Waals surface area (Å²) in [6.07, 6.45) is 20.2. The van der Waals surface area contributed by atoms with E-state index < -0.39 is 29.5 Å². The number of carbonyl (C=O) groups is 1. The number of rotatable bonds is 20. The van der Waals surface area contributed by atoms with Gasteiger partial charge in [0.2, 0.25) is 0 Å². The maximum Gasteiger partial charge on any atom is 0.309 e. The summed E-state index contributed by atoms with van der Waals surface area (Å²) in [6, 6.07) is 13.8. The minimum absolute atomic E-state index is 0.0198. The van der Waals surface area contributed by atoms with Crippen molar-refractivity contribution in [2.75, 3.05) is 20.1 Å². The van der Waals surface area contributed by atoms with E-state index in [0.29, 0.717) is 74.8 Å². The van der Waals surface area contributed by atoms with Crippen LogP contribution in [0.2, 0.25) is 0 Å². The zero-order valence-corrected chi connectivity index (χ0v) is 42.8. The normalized spacial score (nSPS) is 29.3. The summed E-state index contributed by atoms with van der Waals surface area (Å²) in [4.78, 5) is 17.3. The predicted molar refractivity (Wildman–Crippen MR) is 280 cm³/mol. The van der Waals surface area contributed by atoms with Crippen molar-refractivity contribution in [2.45, 2.75) is 166 Å². The lowest BCUT2D eigenvalue weighted by molar-refractivity contribution is -0.152. The Balaban J connectivity index is 1.24. The van der Waals surface area contributed by atoms with E-state index >= 15 is 0 Å². The zero-order valence-electron chi connectivity index (χ0n) is 42.8. The van der Waals surface area contributed by atoms with E-state index in [-0.39, 0.29) is 53.6 Å². The lowest BCUT2D eigenvalue weighted by Gasteiger charge is -2.44. The molecule has 70 heavy (non-hydrogen) atoms. The molecule has 1 aromatic heterocycles. The highest BCUT2D eigenvalue weighted by molar-refractivity contribution is 5.73. The van der Waals surface area contributed by atoms with Crippen molar-refractivity contribution in [2.24, 2.45) is 47.2 Å². The van der Waals surface area contributed by atoms with Gasteiger partial charge in [-0.1, -0.05) is 102 Å². The topological polar surface area (TPSA) is 204 Å². The average molecular weight is 963 g/mol. The molecule has 0 amide bonds. The molecule has 7 rings (SSSR count). The maximum absolute atomic E-state index is 13.5. The number of nitrogens with two attached hydrogens (primary N) is 1. The summed E-state index contributed by atoms with van der Waals surface area (Å²) in [6.45, 7) is 9.71. The van der Waals surface area contributed by atoms with Gasteiger partial charge in [0.15, 0.2) is 0 Å². The van der Waals surface area contributed by atoms with Crippen LogP contribution < -0.4 is 16.4 Å². The highest BCUT2D eigenvalue weighted by atomic mass is 16.4. The number of aromatic hydroxyl groups is 2. The number of phenols is 2. The maximum atomic E-state index is 13.5. The number of aliphatic carboxylic acids is 1. The molecule has 0 bridgehead atoms. The number of carboxylic acids is 1. The minimum atomic E-state index is -1.24. The lowest BCUT2D eigenvalue weighted by Crippen LogP contribution is -2.51. The summed E-state index contributed by atoms with van der Waals surface area (Å²) in [5.41, 5.74) is 12.7. The molecule has 4 aliphatic rings. The Labute approximate surface area is 418 Å².